The van der Waals surface area contributed by atoms with Crippen molar-refractivity contribution in [3.63, 3.8) is 0 Å². The molecule has 0 aliphatic rings. The number of hydrogen-bond acceptors (Lipinski definition) is 3. The Labute approximate surface area is 111 Å². The number of H-pyrrole nitrogens is 1. The van der Waals surface area contributed by atoms with Crippen molar-refractivity contribution in [3.05, 3.63) is 61.5 Å². The lowest BCUT2D eigenvalue weighted by Gasteiger charge is -2.17. The summed E-state index contributed by atoms with van der Waals surface area (Å²) in [7, 11) is 0. The average Bonchev–Trinajstić information content (AvgIpc) is 2.36. The summed E-state index contributed by atoms with van der Waals surface area (Å²) in [6.07, 6.45) is 0. The molecule has 2 N–H and O–H groups in total. The molecule has 1 heterocycles. The summed E-state index contributed by atoms with van der Waals surface area (Å²) in [6, 6.07) is 5.92. The molecule has 0 radical (unpaired) electrons. The van der Waals surface area contributed by atoms with E-state index < -0.39 is 29.0 Å². The predicted octanol–water partition coefficient (Wildman–Crippen LogP) is 1.64. The Morgan fingerprint density at radius 1 is 1.37 bits per heavy atom. The molecule has 0 saturated heterocycles. The number of halogens is 2. The van der Waals surface area contributed by atoms with Crippen molar-refractivity contribution in [2.45, 2.75) is 13.0 Å². The fourth-order valence-electron chi connectivity index (χ4n) is 1.83. The van der Waals surface area contributed by atoms with Crippen LogP contribution in [0.25, 0.3) is 0 Å². The monoisotopic (exact) mass is 284 g/mol. The lowest BCUT2D eigenvalue weighted by molar-refractivity contribution is 0.351. The minimum atomic E-state index is -1.40. The van der Waals surface area contributed by atoms with Gasteiger partial charge in [-0.1, -0.05) is 29.8 Å². The van der Waals surface area contributed by atoms with Crippen LogP contribution in [0.1, 0.15) is 18.5 Å². The van der Waals surface area contributed by atoms with Crippen LogP contribution in [0, 0.1) is 5.82 Å². The van der Waals surface area contributed by atoms with Crippen LogP contribution < -0.4 is 11.2 Å². The number of hydrogen-bond donors (Lipinski definition) is 2. The van der Waals surface area contributed by atoms with Gasteiger partial charge in [0.25, 0.3) is 5.56 Å². The smallest absolute Gasteiger partial charge is 0.331 e. The molecule has 19 heavy (non-hydrogen) atoms. The number of rotatable bonds is 2. The summed E-state index contributed by atoms with van der Waals surface area (Å²) in [4.78, 5) is 24.5. The fraction of sp³-hybridized carbons (Fsp3) is 0.167. The Morgan fingerprint density at radius 3 is 2.63 bits per heavy atom. The maximum absolute atomic E-state index is 13.4. The zero-order valence-corrected chi connectivity index (χ0v) is 10.6. The van der Waals surface area contributed by atoms with Crippen molar-refractivity contribution in [3.8, 4) is 5.88 Å². The standard InChI is InChI=1S/C12H10ClFN2O3/c1-6(7-4-2-3-5-8(7)13)16-11(18)9(14)10(17)15-12(16)19/h2-6,18H,1H3,(H,15,17,19). The molecule has 100 valence electrons. The van der Waals surface area contributed by atoms with Crippen molar-refractivity contribution in [2.24, 2.45) is 0 Å². The maximum atomic E-state index is 13.4. The first-order valence-corrected chi connectivity index (χ1v) is 5.79. The van der Waals surface area contributed by atoms with Crippen LogP contribution in [-0.4, -0.2) is 14.7 Å². The lowest BCUT2D eigenvalue weighted by Crippen LogP contribution is -2.33. The molecule has 0 aliphatic carbocycles. The van der Waals surface area contributed by atoms with Crippen molar-refractivity contribution in [1.29, 1.82) is 0 Å². The van der Waals surface area contributed by atoms with Gasteiger partial charge in [0.1, 0.15) is 0 Å². The predicted molar refractivity (Wildman–Crippen MR) is 68.2 cm³/mol. The quantitative estimate of drug-likeness (QED) is 0.880. The zero-order valence-electron chi connectivity index (χ0n) is 9.85. The van der Waals surface area contributed by atoms with Crippen molar-refractivity contribution < 1.29 is 9.50 Å². The van der Waals surface area contributed by atoms with E-state index in [4.69, 9.17) is 11.6 Å². The molecule has 1 unspecified atom stereocenters. The first kappa shape index (κ1) is 13.4. The van der Waals surface area contributed by atoms with Gasteiger partial charge in [0, 0.05) is 5.02 Å². The first-order valence-electron chi connectivity index (χ1n) is 5.41. The van der Waals surface area contributed by atoms with E-state index in [1.165, 1.54) is 0 Å². The molecule has 2 aromatic rings. The number of aromatic amines is 1. The Hall–Kier alpha value is -2.08. The number of nitrogens with one attached hydrogen (secondary N) is 1. The van der Waals surface area contributed by atoms with Gasteiger partial charge >= 0.3 is 5.69 Å². The highest BCUT2D eigenvalue weighted by molar-refractivity contribution is 6.31. The van der Waals surface area contributed by atoms with Gasteiger partial charge < -0.3 is 5.11 Å². The molecule has 1 aromatic heterocycles. The summed E-state index contributed by atoms with van der Waals surface area (Å²) in [5, 5.41) is 9.98. The van der Waals surface area contributed by atoms with Crippen LogP contribution in [0.5, 0.6) is 5.88 Å². The van der Waals surface area contributed by atoms with Gasteiger partial charge in [-0.25, -0.2) is 4.79 Å². The Kier molecular flexibility index (Phi) is 3.44. The molecule has 0 bridgehead atoms. The van der Waals surface area contributed by atoms with E-state index in [1.54, 1.807) is 36.2 Å². The second kappa shape index (κ2) is 4.89. The molecule has 2 rings (SSSR count). The highest BCUT2D eigenvalue weighted by Gasteiger charge is 2.20. The van der Waals surface area contributed by atoms with Crippen LogP contribution in [0.2, 0.25) is 5.02 Å². The summed E-state index contributed by atoms with van der Waals surface area (Å²) >= 11 is 5.98. The Balaban J connectivity index is 2.67. The molecule has 1 atom stereocenters. The number of benzene rings is 1. The molecule has 0 amide bonds. The van der Waals surface area contributed by atoms with Gasteiger partial charge in [-0.2, -0.15) is 4.39 Å². The number of nitrogens with zero attached hydrogens (tertiary/aromatic N) is 1. The van der Waals surface area contributed by atoms with Gasteiger partial charge in [0.05, 0.1) is 6.04 Å². The average molecular weight is 285 g/mol. The van der Waals surface area contributed by atoms with Gasteiger partial charge in [0.15, 0.2) is 0 Å². The Morgan fingerprint density at radius 2 is 2.00 bits per heavy atom. The third-order valence-corrected chi connectivity index (χ3v) is 3.15. The molecule has 7 heteroatoms. The summed E-state index contributed by atoms with van der Waals surface area (Å²) in [5.74, 6) is -2.42. The third-order valence-electron chi connectivity index (χ3n) is 2.81. The zero-order chi connectivity index (χ0) is 14.2. The van der Waals surface area contributed by atoms with Crippen LogP contribution in [0.3, 0.4) is 0 Å². The molecule has 0 spiro atoms. The number of aromatic hydroxyl groups is 1. The van der Waals surface area contributed by atoms with E-state index >= 15 is 0 Å². The van der Waals surface area contributed by atoms with E-state index in [0.29, 0.717) is 10.6 Å². The van der Waals surface area contributed by atoms with Crippen molar-refractivity contribution in [2.75, 3.05) is 0 Å². The van der Waals surface area contributed by atoms with Crippen molar-refractivity contribution in [1.82, 2.24) is 9.55 Å². The molecule has 0 fully saturated rings. The van der Waals surface area contributed by atoms with E-state index in [-0.39, 0.29) is 0 Å². The number of aromatic nitrogens is 2. The highest BCUT2D eigenvalue weighted by Crippen LogP contribution is 2.27. The first-order chi connectivity index (χ1) is 8.93. The van der Waals surface area contributed by atoms with Gasteiger partial charge in [0.2, 0.25) is 11.7 Å². The SMILES string of the molecule is CC(c1ccccc1Cl)n1c(O)c(F)c(=O)[nH]c1=O. The molecule has 0 saturated carbocycles. The van der Waals surface area contributed by atoms with E-state index in [0.717, 1.165) is 4.57 Å². The van der Waals surface area contributed by atoms with Crippen LogP contribution >= 0.6 is 11.6 Å². The summed E-state index contributed by atoms with van der Waals surface area (Å²) in [5.41, 5.74) is -1.64. The van der Waals surface area contributed by atoms with E-state index in [9.17, 15) is 19.1 Å². The van der Waals surface area contributed by atoms with Gasteiger partial charge in [-0.3, -0.25) is 14.3 Å². The molecule has 0 aliphatic heterocycles. The van der Waals surface area contributed by atoms with Gasteiger partial charge in [-0.05, 0) is 18.6 Å². The van der Waals surface area contributed by atoms with Gasteiger partial charge in [-0.15, -0.1) is 0 Å². The summed E-state index contributed by atoms with van der Waals surface area (Å²) in [6.45, 7) is 1.56. The second-order valence-electron chi connectivity index (χ2n) is 3.96. The minimum absolute atomic E-state index is 0.368. The molecule has 1 aromatic carbocycles. The Bertz CT molecular complexity index is 738. The van der Waals surface area contributed by atoms with Crippen LogP contribution in [0.4, 0.5) is 4.39 Å². The minimum Gasteiger partial charge on any atom is -0.492 e. The van der Waals surface area contributed by atoms with Crippen molar-refractivity contribution >= 4 is 11.6 Å². The normalized spacial score (nSPS) is 12.4. The van der Waals surface area contributed by atoms with Crippen LogP contribution in [0.15, 0.2) is 33.9 Å². The second-order valence-corrected chi connectivity index (χ2v) is 4.37. The molecular formula is C12H10ClFN2O3. The topological polar surface area (TPSA) is 75.1 Å². The third kappa shape index (κ3) is 2.26. The highest BCUT2D eigenvalue weighted by atomic mass is 35.5. The maximum Gasteiger partial charge on any atom is 0.331 e. The molecular weight excluding hydrogens is 275 g/mol. The van der Waals surface area contributed by atoms with E-state index in [1.807, 2.05) is 0 Å². The largest absolute Gasteiger partial charge is 0.492 e. The lowest BCUT2D eigenvalue weighted by atomic mass is 10.1. The molecule has 5 nitrogen and oxygen atoms in total. The summed E-state index contributed by atoms with van der Waals surface area (Å²) < 4.78 is 14.1. The van der Waals surface area contributed by atoms with Crippen LogP contribution in [-0.2, 0) is 0 Å². The van der Waals surface area contributed by atoms with E-state index in [2.05, 4.69) is 0 Å². The fourth-order valence-corrected chi connectivity index (χ4v) is 2.12.